The van der Waals surface area contributed by atoms with Gasteiger partial charge in [0.25, 0.3) is 0 Å². The van der Waals surface area contributed by atoms with Gasteiger partial charge in [-0.3, -0.25) is 4.79 Å². The highest BCUT2D eigenvalue weighted by Crippen LogP contribution is 2.26. The minimum Gasteiger partial charge on any atom is -0.345 e. The van der Waals surface area contributed by atoms with Gasteiger partial charge in [-0.1, -0.05) is 39.8 Å². The third-order valence-corrected chi connectivity index (χ3v) is 6.92. The number of sulfonamides is 1. The van der Waals surface area contributed by atoms with Gasteiger partial charge in [0.2, 0.25) is 15.9 Å². The Labute approximate surface area is 158 Å². The second kappa shape index (κ2) is 8.53. The van der Waals surface area contributed by atoms with Gasteiger partial charge in [0.05, 0.1) is 4.90 Å². The molecule has 26 heavy (non-hydrogen) atoms. The van der Waals surface area contributed by atoms with Crippen molar-refractivity contribution in [2.24, 2.45) is 11.8 Å². The normalized spacial score (nSPS) is 17.0. The highest BCUT2D eigenvalue weighted by Gasteiger charge is 2.33. The molecule has 0 atom stereocenters. The van der Waals surface area contributed by atoms with E-state index in [0.29, 0.717) is 42.7 Å². The first kappa shape index (κ1) is 20.9. The lowest BCUT2D eigenvalue weighted by atomic mass is 9.96. The second-order valence-electron chi connectivity index (χ2n) is 8.01. The van der Waals surface area contributed by atoms with Gasteiger partial charge >= 0.3 is 0 Å². The fourth-order valence-corrected chi connectivity index (χ4v) is 4.94. The SMILES string of the molecule is CC(C)CN(C)C(=O)C1CCN(S(=O)(=O)c2ccc(C(C)C)cc2)CC1. The molecule has 1 aromatic rings. The zero-order chi connectivity index (χ0) is 19.5. The number of benzene rings is 1. The van der Waals surface area contributed by atoms with Crippen LogP contribution in [0.25, 0.3) is 0 Å². The number of rotatable bonds is 6. The molecule has 0 saturated carbocycles. The molecule has 1 heterocycles. The van der Waals surface area contributed by atoms with E-state index in [-0.39, 0.29) is 11.8 Å². The lowest BCUT2D eigenvalue weighted by molar-refractivity contribution is -0.135. The maximum atomic E-state index is 12.9. The van der Waals surface area contributed by atoms with Crippen LogP contribution in [0, 0.1) is 11.8 Å². The first-order valence-corrected chi connectivity index (χ1v) is 10.9. The van der Waals surface area contributed by atoms with Gasteiger partial charge in [-0.05, 0) is 42.4 Å². The van der Waals surface area contributed by atoms with Crippen LogP contribution in [-0.2, 0) is 14.8 Å². The van der Waals surface area contributed by atoms with Crippen LogP contribution in [0.4, 0.5) is 0 Å². The predicted molar refractivity (Wildman–Crippen MR) is 104 cm³/mol. The summed E-state index contributed by atoms with van der Waals surface area (Å²) in [6.07, 6.45) is 1.18. The van der Waals surface area contributed by atoms with Gasteiger partial charge in [0, 0.05) is 32.6 Å². The van der Waals surface area contributed by atoms with Crippen LogP contribution in [-0.4, -0.2) is 50.2 Å². The van der Waals surface area contributed by atoms with Crippen LogP contribution in [0.1, 0.15) is 52.0 Å². The molecule has 1 amide bonds. The predicted octanol–water partition coefficient (Wildman–Crippen LogP) is 3.33. The van der Waals surface area contributed by atoms with Crippen molar-refractivity contribution in [2.75, 3.05) is 26.7 Å². The second-order valence-corrected chi connectivity index (χ2v) is 9.95. The van der Waals surface area contributed by atoms with E-state index in [1.807, 2.05) is 19.2 Å². The number of carbonyl (C=O) groups is 1. The minimum absolute atomic E-state index is 0.0754. The maximum absolute atomic E-state index is 12.9. The summed E-state index contributed by atoms with van der Waals surface area (Å²) in [5.74, 6) is 0.861. The van der Waals surface area contributed by atoms with Crippen LogP contribution in [0.5, 0.6) is 0 Å². The Morgan fingerprint density at radius 1 is 1.12 bits per heavy atom. The molecule has 1 saturated heterocycles. The molecule has 0 bridgehead atoms. The monoisotopic (exact) mass is 380 g/mol. The average Bonchev–Trinajstić information content (AvgIpc) is 2.60. The highest BCUT2D eigenvalue weighted by atomic mass is 32.2. The summed E-state index contributed by atoms with van der Waals surface area (Å²) >= 11 is 0. The molecule has 1 fully saturated rings. The molecule has 0 spiro atoms. The quantitative estimate of drug-likeness (QED) is 0.761. The fraction of sp³-hybridized carbons (Fsp3) is 0.650. The first-order valence-electron chi connectivity index (χ1n) is 9.48. The number of hydrogen-bond donors (Lipinski definition) is 0. The zero-order valence-corrected chi connectivity index (χ0v) is 17.4. The smallest absolute Gasteiger partial charge is 0.243 e. The van der Waals surface area contributed by atoms with E-state index in [0.717, 1.165) is 12.1 Å². The summed E-state index contributed by atoms with van der Waals surface area (Å²) in [7, 11) is -1.65. The average molecular weight is 381 g/mol. The number of carbonyl (C=O) groups excluding carboxylic acids is 1. The molecule has 1 aromatic carbocycles. The van der Waals surface area contributed by atoms with E-state index in [1.165, 1.54) is 4.31 Å². The van der Waals surface area contributed by atoms with E-state index >= 15 is 0 Å². The summed E-state index contributed by atoms with van der Waals surface area (Å²) in [6.45, 7) is 9.89. The van der Waals surface area contributed by atoms with Gasteiger partial charge in [-0.15, -0.1) is 0 Å². The molecule has 0 radical (unpaired) electrons. The molecule has 0 aromatic heterocycles. The Morgan fingerprint density at radius 3 is 2.12 bits per heavy atom. The summed E-state index contributed by atoms with van der Waals surface area (Å²) < 4.78 is 27.2. The molecular formula is C20H32N2O3S. The van der Waals surface area contributed by atoms with Gasteiger partial charge in [-0.2, -0.15) is 4.31 Å². The molecular weight excluding hydrogens is 348 g/mol. The molecule has 6 heteroatoms. The van der Waals surface area contributed by atoms with Gasteiger partial charge in [0.1, 0.15) is 0 Å². The summed E-state index contributed by atoms with van der Waals surface area (Å²) in [5, 5.41) is 0. The number of hydrogen-bond acceptors (Lipinski definition) is 3. The van der Waals surface area contributed by atoms with Crippen LogP contribution in [0.2, 0.25) is 0 Å². The van der Waals surface area contributed by atoms with Crippen LogP contribution >= 0.6 is 0 Å². The zero-order valence-electron chi connectivity index (χ0n) is 16.6. The molecule has 0 aliphatic carbocycles. The number of amides is 1. The van der Waals surface area contributed by atoms with Crippen molar-refractivity contribution in [1.82, 2.24) is 9.21 Å². The first-order chi connectivity index (χ1) is 12.1. The van der Waals surface area contributed by atoms with Gasteiger partial charge < -0.3 is 4.90 Å². The topological polar surface area (TPSA) is 57.7 Å². The van der Waals surface area contributed by atoms with Crippen molar-refractivity contribution in [1.29, 1.82) is 0 Å². The van der Waals surface area contributed by atoms with Crippen LogP contribution in [0.15, 0.2) is 29.2 Å². The minimum atomic E-state index is -3.48. The molecule has 0 N–H and O–H groups in total. The van der Waals surface area contributed by atoms with Gasteiger partial charge in [-0.25, -0.2) is 8.42 Å². The standard InChI is InChI=1S/C20H32N2O3S/c1-15(2)14-21(5)20(23)18-10-12-22(13-11-18)26(24,25)19-8-6-17(7-9-19)16(3)4/h6-9,15-16,18H,10-14H2,1-5H3. The summed E-state index contributed by atoms with van der Waals surface area (Å²) in [4.78, 5) is 14.6. The fourth-order valence-electron chi connectivity index (χ4n) is 3.47. The maximum Gasteiger partial charge on any atom is 0.243 e. The van der Waals surface area contributed by atoms with Crippen molar-refractivity contribution in [3.8, 4) is 0 Å². The van der Waals surface area contributed by atoms with Crippen LogP contribution < -0.4 is 0 Å². The third-order valence-electron chi connectivity index (χ3n) is 5.00. The van der Waals surface area contributed by atoms with E-state index in [2.05, 4.69) is 27.7 Å². The van der Waals surface area contributed by atoms with Crippen molar-refractivity contribution < 1.29 is 13.2 Å². The van der Waals surface area contributed by atoms with Crippen molar-refractivity contribution in [2.45, 2.75) is 51.3 Å². The van der Waals surface area contributed by atoms with E-state index < -0.39 is 10.0 Å². The van der Waals surface area contributed by atoms with Crippen LogP contribution in [0.3, 0.4) is 0 Å². The van der Waals surface area contributed by atoms with E-state index in [1.54, 1.807) is 17.0 Å². The molecule has 1 aliphatic heterocycles. The molecule has 2 rings (SSSR count). The third kappa shape index (κ3) is 4.86. The number of nitrogens with zero attached hydrogens (tertiary/aromatic N) is 2. The summed E-state index contributed by atoms with van der Waals surface area (Å²) in [6, 6.07) is 7.15. The largest absolute Gasteiger partial charge is 0.345 e. The van der Waals surface area contributed by atoms with Gasteiger partial charge in [0.15, 0.2) is 0 Å². The Kier molecular flexibility index (Phi) is 6.86. The Bertz CT molecular complexity index is 703. The van der Waals surface area contributed by atoms with Crippen molar-refractivity contribution in [3.05, 3.63) is 29.8 Å². The molecule has 0 unspecified atom stereocenters. The van der Waals surface area contributed by atoms with Crippen molar-refractivity contribution in [3.63, 3.8) is 0 Å². The molecule has 5 nitrogen and oxygen atoms in total. The lowest BCUT2D eigenvalue weighted by Crippen LogP contribution is -2.44. The lowest BCUT2D eigenvalue weighted by Gasteiger charge is -2.33. The van der Waals surface area contributed by atoms with E-state index in [9.17, 15) is 13.2 Å². The molecule has 1 aliphatic rings. The number of piperidine rings is 1. The Hall–Kier alpha value is -1.40. The Morgan fingerprint density at radius 2 is 1.65 bits per heavy atom. The van der Waals surface area contributed by atoms with Crippen molar-refractivity contribution >= 4 is 15.9 Å². The van der Waals surface area contributed by atoms with E-state index in [4.69, 9.17) is 0 Å². The Balaban J connectivity index is 2.01. The molecule has 146 valence electrons. The highest BCUT2D eigenvalue weighted by molar-refractivity contribution is 7.89. The summed E-state index contributed by atoms with van der Waals surface area (Å²) in [5.41, 5.74) is 1.13.